The van der Waals surface area contributed by atoms with Crippen molar-refractivity contribution in [2.45, 2.75) is 25.4 Å². The first-order valence-electron chi connectivity index (χ1n) is 6.76. The number of nitrogens with one attached hydrogen (secondary N) is 1. The minimum atomic E-state index is 0.687. The Morgan fingerprint density at radius 3 is 2.95 bits per heavy atom. The van der Waals surface area contributed by atoms with E-state index in [9.17, 15) is 0 Å². The van der Waals surface area contributed by atoms with E-state index in [-0.39, 0.29) is 0 Å². The van der Waals surface area contributed by atoms with E-state index in [0.717, 1.165) is 12.2 Å². The molecule has 4 nitrogen and oxygen atoms in total. The van der Waals surface area contributed by atoms with Gasteiger partial charge in [0.25, 0.3) is 0 Å². The summed E-state index contributed by atoms with van der Waals surface area (Å²) >= 11 is 0. The van der Waals surface area contributed by atoms with E-state index >= 15 is 0 Å². The summed E-state index contributed by atoms with van der Waals surface area (Å²) in [6, 6.07) is 9.14. The fraction of sp³-hybridized carbons (Fsp3) is 0.400. The van der Waals surface area contributed by atoms with Crippen LogP contribution in [0.1, 0.15) is 24.6 Å². The largest absolute Gasteiger partial charge is 0.379 e. The van der Waals surface area contributed by atoms with Gasteiger partial charge in [0.2, 0.25) is 0 Å². The first kappa shape index (κ1) is 12.1. The van der Waals surface area contributed by atoms with E-state index in [0.29, 0.717) is 6.04 Å². The third-order valence-electron chi connectivity index (χ3n) is 3.52. The summed E-state index contributed by atoms with van der Waals surface area (Å²) in [5.74, 6) is 0. The Bertz CT molecular complexity index is 555. The molecule has 1 N–H and O–H groups in total. The maximum atomic E-state index is 4.26. The van der Waals surface area contributed by atoms with Crippen LogP contribution < -0.4 is 10.2 Å². The highest BCUT2D eigenvalue weighted by atomic mass is 15.1. The summed E-state index contributed by atoms with van der Waals surface area (Å²) < 4.78 is 2.29. The predicted octanol–water partition coefficient (Wildman–Crippen LogP) is 2.90. The highest BCUT2D eigenvalue weighted by molar-refractivity contribution is 5.57. The second kappa shape index (κ2) is 4.96. The van der Waals surface area contributed by atoms with E-state index in [1.54, 1.807) is 0 Å². The first-order chi connectivity index (χ1) is 9.24. The molecule has 1 aliphatic rings. The Balaban J connectivity index is 1.68. The number of nitrogens with zero attached hydrogens (tertiary/aromatic N) is 3. The van der Waals surface area contributed by atoms with Gasteiger partial charge in [-0.05, 0) is 31.0 Å². The number of imidazole rings is 1. The lowest BCUT2D eigenvalue weighted by Crippen LogP contribution is -2.09. The van der Waals surface area contributed by atoms with Crippen LogP contribution in [0, 0.1) is 0 Å². The molecule has 0 amide bonds. The van der Waals surface area contributed by atoms with Crippen molar-refractivity contribution in [2.24, 2.45) is 0 Å². The summed E-state index contributed by atoms with van der Waals surface area (Å²) in [4.78, 5) is 6.37. The molecule has 0 radical (unpaired) electrons. The van der Waals surface area contributed by atoms with Crippen LogP contribution in [0.2, 0.25) is 0 Å². The highest BCUT2D eigenvalue weighted by Gasteiger charge is 2.24. The van der Waals surface area contributed by atoms with E-state index in [1.165, 1.54) is 24.2 Å². The second-order valence-corrected chi connectivity index (χ2v) is 5.32. The molecule has 3 rings (SSSR count). The Labute approximate surface area is 114 Å². The Hall–Kier alpha value is -1.97. The average molecular weight is 256 g/mol. The summed E-state index contributed by atoms with van der Waals surface area (Å²) in [6.07, 6.45) is 6.49. The molecule has 2 aromatic rings. The molecule has 1 aromatic carbocycles. The number of hydrogen-bond donors (Lipinski definition) is 1. The predicted molar refractivity (Wildman–Crippen MR) is 78.6 cm³/mol. The fourth-order valence-corrected chi connectivity index (χ4v) is 2.24. The quantitative estimate of drug-likeness (QED) is 0.893. The maximum absolute atomic E-state index is 4.26. The SMILES string of the molecule is CN(C)c1cccc(NCc2cncn2C2CC2)c1. The Kier molecular flexibility index (Phi) is 3.15. The molecule has 0 spiro atoms. The van der Waals surface area contributed by atoms with Crippen LogP contribution in [-0.4, -0.2) is 23.6 Å². The minimum Gasteiger partial charge on any atom is -0.379 e. The Morgan fingerprint density at radius 2 is 2.21 bits per heavy atom. The molecule has 1 heterocycles. The van der Waals surface area contributed by atoms with Crippen LogP contribution in [0.5, 0.6) is 0 Å². The molecule has 0 atom stereocenters. The summed E-state index contributed by atoms with van der Waals surface area (Å²) in [5.41, 5.74) is 3.62. The van der Waals surface area contributed by atoms with Gasteiger partial charge in [-0.3, -0.25) is 0 Å². The van der Waals surface area contributed by atoms with Crippen molar-refractivity contribution in [2.75, 3.05) is 24.3 Å². The zero-order valence-corrected chi connectivity index (χ0v) is 11.5. The Morgan fingerprint density at radius 1 is 1.37 bits per heavy atom. The lowest BCUT2D eigenvalue weighted by molar-refractivity contribution is 0.701. The molecular formula is C15H20N4. The van der Waals surface area contributed by atoms with Crippen LogP contribution >= 0.6 is 0 Å². The molecule has 1 aromatic heterocycles. The van der Waals surface area contributed by atoms with E-state index < -0.39 is 0 Å². The van der Waals surface area contributed by atoms with Crippen LogP contribution in [0.25, 0.3) is 0 Å². The zero-order chi connectivity index (χ0) is 13.2. The van der Waals surface area contributed by atoms with Crippen molar-refractivity contribution in [1.82, 2.24) is 9.55 Å². The molecule has 0 aliphatic heterocycles. The molecule has 1 aliphatic carbocycles. The molecule has 19 heavy (non-hydrogen) atoms. The van der Waals surface area contributed by atoms with Crippen molar-refractivity contribution in [1.29, 1.82) is 0 Å². The van der Waals surface area contributed by atoms with Gasteiger partial charge in [0.15, 0.2) is 0 Å². The van der Waals surface area contributed by atoms with Gasteiger partial charge < -0.3 is 14.8 Å². The fourth-order valence-electron chi connectivity index (χ4n) is 2.24. The van der Waals surface area contributed by atoms with Crippen LogP contribution in [0.15, 0.2) is 36.8 Å². The van der Waals surface area contributed by atoms with Gasteiger partial charge in [0, 0.05) is 37.7 Å². The molecular weight excluding hydrogens is 236 g/mol. The van der Waals surface area contributed by atoms with Gasteiger partial charge in [-0.1, -0.05) is 6.07 Å². The van der Waals surface area contributed by atoms with Crippen LogP contribution in [-0.2, 0) is 6.54 Å². The molecule has 0 saturated heterocycles. The van der Waals surface area contributed by atoms with Crippen LogP contribution in [0.4, 0.5) is 11.4 Å². The summed E-state index contributed by atoms with van der Waals surface area (Å²) in [6.45, 7) is 0.827. The van der Waals surface area contributed by atoms with Gasteiger partial charge in [-0.2, -0.15) is 0 Å². The van der Waals surface area contributed by atoms with E-state index in [1.807, 2.05) is 12.5 Å². The van der Waals surface area contributed by atoms with Gasteiger partial charge >= 0.3 is 0 Å². The first-order valence-corrected chi connectivity index (χ1v) is 6.76. The number of hydrogen-bond acceptors (Lipinski definition) is 3. The third kappa shape index (κ3) is 2.72. The van der Waals surface area contributed by atoms with Gasteiger partial charge in [0.05, 0.1) is 18.6 Å². The number of benzene rings is 1. The average Bonchev–Trinajstić information content (AvgIpc) is 3.16. The lowest BCUT2D eigenvalue weighted by Gasteiger charge is -2.15. The van der Waals surface area contributed by atoms with Crippen molar-refractivity contribution in [3.05, 3.63) is 42.5 Å². The van der Waals surface area contributed by atoms with Gasteiger partial charge in [0.1, 0.15) is 0 Å². The van der Waals surface area contributed by atoms with Gasteiger partial charge in [-0.25, -0.2) is 4.98 Å². The van der Waals surface area contributed by atoms with Gasteiger partial charge in [-0.15, -0.1) is 0 Å². The molecule has 1 fully saturated rings. The zero-order valence-electron chi connectivity index (χ0n) is 11.5. The monoisotopic (exact) mass is 256 g/mol. The lowest BCUT2D eigenvalue weighted by atomic mass is 10.2. The highest BCUT2D eigenvalue weighted by Crippen LogP contribution is 2.35. The van der Waals surface area contributed by atoms with E-state index in [4.69, 9.17) is 0 Å². The third-order valence-corrected chi connectivity index (χ3v) is 3.52. The van der Waals surface area contributed by atoms with Crippen LogP contribution in [0.3, 0.4) is 0 Å². The van der Waals surface area contributed by atoms with Crippen molar-refractivity contribution < 1.29 is 0 Å². The van der Waals surface area contributed by atoms with Crippen molar-refractivity contribution in [3.63, 3.8) is 0 Å². The molecule has 4 heteroatoms. The topological polar surface area (TPSA) is 33.1 Å². The smallest absolute Gasteiger partial charge is 0.0951 e. The molecule has 0 bridgehead atoms. The van der Waals surface area contributed by atoms with Crippen molar-refractivity contribution >= 4 is 11.4 Å². The standard InChI is InChI=1S/C15H20N4/c1-18(2)14-5-3-4-12(8-14)17-10-15-9-16-11-19(15)13-6-7-13/h3-5,8-9,11,13,17H,6-7,10H2,1-2H3. The second-order valence-electron chi connectivity index (χ2n) is 5.32. The summed E-state index contributed by atoms with van der Waals surface area (Å²) in [5, 5.41) is 3.48. The minimum absolute atomic E-state index is 0.687. The molecule has 1 saturated carbocycles. The maximum Gasteiger partial charge on any atom is 0.0951 e. The number of aromatic nitrogens is 2. The number of rotatable bonds is 5. The van der Waals surface area contributed by atoms with Crippen molar-refractivity contribution in [3.8, 4) is 0 Å². The molecule has 0 unspecified atom stereocenters. The summed E-state index contributed by atoms with van der Waals surface area (Å²) in [7, 11) is 4.11. The normalized spacial score (nSPS) is 14.4. The number of anilines is 2. The van der Waals surface area contributed by atoms with E-state index in [2.05, 4.69) is 58.1 Å². The molecule has 100 valence electrons.